The van der Waals surface area contributed by atoms with Crippen LogP contribution in [0.2, 0.25) is 0 Å². The zero-order chi connectivity index (χ0) is 25.4. The Morgan fingerprint density at radius 3 is 2.31 bits per heavy atom. The number of nitrogens with one attached hydrogen (secondary N) is 1. The summed E-state index contributed by atoms with van der Waals surface area (Å²) in [5, 5.41) is 5.30. The van der Waals surface area contributed by atoms with Crippen LogP contribution in [-0.2, 0) is 24.7 Å². The van der Waals surface area contributed by atoms with Crippen molar-refractivity contribution >= 4 is 29.1 Å². The van der Waals surface area contributed by atoms with E-state index in [1.807, 2.05) is 30.3 Å². The lowest BCUT2D eigenvalue weighted by atomic mass is 9.77. The maximum absolute atomic E-state index is 12.8. The van der Waals surface area contributed by atoms with Crippen molar-refractivity contribution < 1.29 is 19.1 Å². The molecule has 0 saturated heterocycles. The van der Waals surface area contributed by atoms with E-state index in [9.17, 15) is 14.4 Å². The van der Waals surface area contributed by atoms with E-state index in [0.29, 0.717) is 12.8 Å². The molecule has 1 aliphatic rings. The Kier molecular flexibility index (Phi) is 9.46. The second kappa shape index (κ2) is 12.3. The van der Waals surface area contributed by atoms with Crippen molar-refractivity contribution in [2.45, 2.75) is 69.7 Å². The summed E-state index contributed by atoms with van der Waals surface area (Å²) in [4.78, 5) is 42.0. The van der Waals surface area contributed by atoms with Gasteiger partial charge in [0.05, 0.1) is 5.54 Å². The second-order valence-corrected chi connectivity index (χ2v) is 10.4. The fourth-order valence-corrected chi connectivity index (χ4v) is 5.92. The molecule has 1 saturated carbocycles. The SMILES string of the molecule is CC(=O)OC(c1ccccc1)N(C)C(=O)CCCC(=O)NC1CCC(c2cccs2)(N(C)C)CC1. The largest absolute Gasteiger partial charge is 0.437 e. The molecule has 0 aliphatic heterocycles. The molecular formula is C27H37N3O4S. The third kappa shape index (κ3) is 6.92. The standard InChI is InChI=1S/C27H37N3O4S/c1-20(31)34-26(21-10-6-5-7-11-21)30(4)25(33)14-8-13-24(32)28-22-15-17-27(18-16-22,29(2)3)23-12-9-19-35-23/h5-7,9-12,19,22,26H,8,13-18H2,1-4H3,(H,28,32). The molecule has 7 nitrogen and oxygen atoms in total. The van der Waals surface area contributed by atoms with E-state index in [2.05, 4.69) is 41.8 Å². The molecule has 8 heteroatoms. The van der Waals surface area contributed by atoms with Crippen LogP contribution >= 0.6 is 11.3 Å². The molecule has 2 amide bonds. The first-order chi connectivity index (χ1) is 16.7. The Morgan fingerprint density at radius 2 is 1.74 bits per heavy atom. The van der Waals surface area contributed by atoms with Crippen LogP contribution in [-0.4, -0.2) is 54.8 Å². The average Bonchev–Trinajstić information content (AvgIpc) is 3.38. The van der Waals surface area contributed by atoms with Crippen LogP contribution < -0.4 is 5.32 Å². The molecule has 0 spiro atoms. The van der Waals surface area contributed by atoms with Gasteiger partial charge in [-0.05, 0) is 57.6 Å². The van der Waals surface area contributed by atoms with Crippen molar-refractivity contribution in [3.63, 3.8) is 0 Å². The first kappa shape index (κ1) is 26.9. The molecule has 190 valence electrons. The summed E-state index contributed by atoms with van der Waals surface area (Å²) in [6, 6.07) is 13.7. The van der Waals surface area contributed by atoms with E-state index in [-0.39, 0.29) is 29.8 Å². The van der Waals surface area contributed by atoms with Gasteiger partial charge in [0, 0.05) is 43.3 Å². The Morgan fingerprint density at radius 1 is 1.06 bits per heavy atom. The highest BCUT2D eigenvalue weighted by Gasteiger charge is 2.39. The molecule has 1 fully saturated rings. The minimum absolute atomic E-state index is 0.0153. The number of carbonyl (C=O) groups is 3. The lowest BCUT2D eigenvalue weighted by molar-refractivity contribution is -0.162. The fraction of sp³-hybridized carbons (Fsp3) is 0.519. The molecule has 35 heavy (non-hydrogen) atoms. The third-order valence-electron chi connectivity index (χ3n) is 6.92. The number of thiophene rings is 1. The lowest BCUT2D eigenvalue weighted by Crippen LogP contribution is -2.48. The number of benzene rings is 1. The van der Waals surface area contributed by atoms with Crippen LogP contribution in [0.25, 0.3) is 0 Å². The van der Waals surface area contributed by atoms with Crippen molar-refractivity contribution in [2.75, 3.05) is 21.1 Å². The van der Waals surface area contributed by atoms with Crippen molar-refractivity contribution in [2.24, 2.45) is 0 Å². The first-order valence-corrected chi connectivity index (χ1v) is 13.1. The molecule has 1 N–H and O–H groups in total. The smallest absolute Gasteiger partial charge is 0.304 e. The molecule has 1 aromatic carbocycles. The van der Waals surface area contributed by atoms with Crippen molar-refractivity contribution in [1.82, 2.24) is 15.1 Å². The summed E-state index contributed by atoms with van der Waals surface area (Å²) >= 11 is 1.80. The maximum Gasteiger partial charge on any atom is 0.304 e. The highest BCUT2D eigenvalue weighted by Crippen LogP contribution is 2.43. The molecule has 3 rings (SSSR count). The van der Waals surface area contributed by atoms with Crippen molar-refractivity contribution in [1.29, 1.82) is 0 Å². The normalized spacial score (nSPS) is 20.8. The molecule has 1 heterocycles. The fourth-order valence-electron chi connectivity index (χ4n) is 4.85. The number of amides is 2. The van der Waals surface area contributed by atoms with Crippen LogP contribution in [0.1, 0.15) is 68.5 Å². The maximum atomic E-state index is 12.8. The zero-order valence-corrected chi connectivity index (χ0v) is 22.0. The number of hydrogen-bond donors (Lipinski definition) is 1. The first-order valence-electron chi connectivity index (χ1n) is 12.2. The summed E-state index contributed by atoms with van der Waals surface area (Å²) in [6.45, 7) is 1.33. The van der Waals surface area contributed by atoms with Gasteiger partial charge in [0.15, 0.2) is 0 Å². The third-order valence-corrected chi connectivity index (χ3v) is 7.98. The van der Waals surface area contributed by atoms with Gasteiger partial charge >= 0.3 is 5.97 Å². The van der Waals surface area contributed by atoms with E-state index in [1.165, 1.54) is 16.7 Å². The van der Waals surface area contributed by atoms with E-state index in [0.717, 1.165) is 31.2 Å². The summed E-state index contributed by atoms with van der Waals surface area (Å²) in [6.07, 6.45) is 4.05. The van der Waals surface area contributed by atoms with Gasteiger partial charge in [-0.3, -0.25) is 19.3 Å². The molecule has 0 bridgehead atoms. The van der Waals surface area contributed by atoms with Crippen LogP contribution in [0, 0.1) is 0 Å². The Hall–Kier alpha value is -2.71. The van der Waals surface area contributed by atoms with Crippen molar-refractivity contribution in [3.05, 3.63) is 58.3 Å². The average molecular weight is 500 g/mol. The van der Waals surface area contributed by atoms with Gasteiger partial charge in [0.1, 0.15) is 0 Å². The molecule has 1 unspecified atom stereocenters. The van der Waals surface area contributed by atoms with Crippen LogP contribution in [0.3, 0.4) is 0 Å². The van der Waals surface area contributed by atoms with Gasteiger partial charge in [0.2, 0.25) is 18.0 Å². The predicted molar refractivity (Wildman–Crippen MR) is 138 cm³/mol. The number of esters is 1. The number of ether oxygens (including phenoxy) is 1. The van der Waals surface area contributed by atoms with Gasteiger partial charge in [-0.1, -0.05) is 36.4 Å². The minimum atomic E-state index is -0.780. The lowest BCUT2D eigenvalue weighted by Gasteiger charge is -2.44. The highest BCUT2D eigenvalue weighted by atomic mass is 32.1. The number of hydrogen-bond acceptors (Lipinski definition) is 6. The Labute approximate surface area is 212 Å². The summed E-state index contributed by atoms with van der Waals surface area (Å²) < 4.78 is 5.39. The minimum Gasteiger partial charge on any atom is -0.437 e. The topological polar surface area (TPSA) is 78.9 Å². The number of nitrogens with zero attached hydrogens (tertiary/aromatic N) is 2. The molecule has 2 aromatic rings. The van der Waals surface area contributed by atoms with Gasteiger partial charge in [-0.2, -0.15) is 0 Å². The Balaban J connectivity index is 1.45. The van der Waals surface area contributed by atoms with E-state index in [4.69, 9.17) is 4.74 Å². The van der Waals surface area contributed by atoms with Crippen LogP contribution in [0.4, 0.5) is 0 Å². The Bertz CT molecular complexity index is 970. The van der Waals surface area contributed by atoms with Crippen LogP contribution in [0.5, 0.6) is 0 Å². The molecule has 1 aliphatic carbocycles. The number of carbonyl (C=O) groups excluding carboxylic acids is 3. The molecular weight excluding hydrogens is 462 g/mol. The van der Waals surface area contributed by atoms with Gasteiger partial charge in [0.25, 0.3) is 0 Å². The van der Waals surface area contributed by atoms with E-state index >= 15 is 0 Å². The monoisotopic (exact) mass is 499 g/mol. The molecule has 0 radical (unpaired) electrons. The molecule has 1 aromatic heterocycles. The predicted octanol–water partition coefficient (Wildman–Crippen LogP) is 4.45. The van der Waals surface area contributed by atoms with E-state index < -0.39 is 12.2 Å². The zero-order valence-electron chi connectivity index (χ0n) is 21.2. The molecule has 1 atom stereocenters. The second-order valence-electron chi connectivity index (χ2n) is 9.48. The summed E-state index contributed by atoms with van der Waals surface area (Å²) in [7, 11) is 5.89. The van der Waals surface area contributed by atoms with E-state index in [1.54, 1.807) is 18.4 Å². The number of rotatable bonds is 10. The quantitative estimate of drug-likeness (QED) is 0.386. The summed E-state index contributed by atoms with van der Waals surface area (Å²) in [5.74, 6) is -0.640. The van der Waals surface area contributed by atoms with Crippen LogP contribution in [0.15, 0.2) is 47.8 Å². The van der Waals surface area contributed by atoms with Gasteiger partial charge in [-0.25, -0.2) is 0 Å². The highest BCUT2D eigenvalue weighted by molar-refractivity contribution is 7.10. The van der Waals surface area contributed by atoms with Gasteiger partial charge in [-0.15, -0.1) is 11.3 Å². The van der Waals surface area contributed by atoms with Gasteiger partial charge < -0.3 is 15.0 Å². The summed E-state index contributed by atoms with van der Waals surface area (Å²) in [5.41, 5.74) is 0.772. The van der Waals surface area contributed by atoms with Crippen molar-refractivity contribution in [3.8, 4) is 0 Å².